The second kappa shape index (κ2) is 10.7. The molecule has 8 heteroatoms. The van der Waals surface area contributed by atoms with Crippen LogP contribution in [0, 0.1) is 13.8 Å². The molecule has 0 saturated carbocycles. The Bertz CT molecular complexity index is 1400. The van der Waals surface area contributed by atoms with Crippen LogP contribution < -0.4 is 10.5 Å². The van der Waals surface area contributed by atoms with Crippen molar-refractivity contribution in [3.8, 4) is 5.75 Å². The van der Waals surface area contributed by atoms with Crippen LogP contribution in [0.25, 0.3) is 21.8 Å². The van der Waals surface area contributed by atoms with Gasteiger partial charge in [0.25, 0.3) is 0 Å². The number of fused-ring (bicyclic) bond motifs is 3. The van der Waals surface area contributed by atoms with Crippen LogP contribution in [0.2, 0.25) is 0 Å². The lowest BCUT2D eigenvalue weighted by Gasteiger charge is -2.13. The normalized spacial score (nSPS) is 11.9. The molecule has 0 aliphatic heterocycles. The zero-order valence-electron chi connectivity index (χ0n) is 20.2. The lowest BCUT2D eigenvalue weighted by atomic mass is 9.96. The van der Waals surface area contributed by atoms with Crippen LogP contribution in [0.3, 0.4) is 0 Å². The molecule has 0 spiro atoms. The van der Waals surface area contributed by atoms with E-state index in [1.807, 2.05) is 13.0 Å². The predicted octanol–water partition coefficient (Wildman–Crippen LogP) is 5.49. The largest absolute Gasteiger partial charge is 0.494 e. The van der Waals surface area contributed by atoms with E-state index in [4.69, 9.17) is 20.3 Å². The maximum Gasteiger partial charge on any atom is 0.325 e. The third-order valence-corrected chi connectivity index (χ3v) is 7.18. The highest BCUT2D eigenvalue weighted by Crippen LogP contribution is 2.35. The quantitative estimate of drug-likeness (QED) is 0.152. The molecule has 0 radical (unpaired) electrons. The zero-order chi connectivity index (χ0) is 25.0. The third-order valence-electron chi connectivity index (χ3n) is 6.28. The molecule has 0 aliphatic carbocycles. The maximum atomic E-state index is 10.9. The van der Waals surface area contributed by atoms with E-state index < -0.39 is 7.60 Å². The molecule has 0 bridgehead atoms. The second-order valence-electron chi connectivity index (χ2n) is 9.10. The van der Waals surface area contributed by atoms with E-state index in [1.54, 1.807) is 6.20 Å². The van der Waals surface area contributed by atoms with Gasteiger partial charge in [-0.15, -0.1) is 0 Å². The average Bonchev–Trinajstić information content (AvgIpc) is 2.80. The molecule has 0 atom stereocenters. The molecule has 4 N–H and O–H groups in total. The van der Waals surface area contributed by atoms with Gasteiger partial charge in [-0.1, -0.05) is 18.2 Å². The van der Waals surface area contributed by atoms with Crippen LogP contribution in [-0.4, -0.2) is 32.5 Å². The highest BCUT2D eigenvalue weighted by atomic mass is 31.2. The third kappa shape index (κ3) is 6.37. The van der Waals surface area contributed by atoms with Crippen molar-refractivity contribution in [3.63, 3.8) is 0 Å². The standard InChI is InChI=1S/C27H32N3O4P/c1-18-6-11-23-24(16-18)30-27(28)26-25(23)21(12-13-29-26)8-7-20-9-10-22(17-19(20)2)34-14-4-3-5-15-35(31,32)33/h6,9-13,16-17H,3-5,7-8,14-15H2,1-2H3,(H2,28,30)(H2,31,32,33). The molecule has 0 fully saturated rings. The number of ether oxygens (including phenoxy) is 1. The minimum Gasteiger partial charge on any atom is -0.494 e. The van der Waals surface area contributed by atoms with Crippen molar-refractivity contribution < 1.29 is 19.1 Å². The Labute approximate surface area is 205 Å². The van der Waals surface area contributed by atoms with Gasteiger partial charge in [-0.3, -0.25) is 9.55 Å². The molecule has 4 aromatic rings. The number of hydrogen-bond acceptors (Lipinski definition) is 5. The minimum absolute atomic E-state index is 0.0634. The van der Waals surface area contributed by atoms with Crippen molar-refractivity contribution in [2.75, 3.05) is 18.5 Å². The number of benzene rings is 2. The van der Waals surface area contributed by atoms with Gasteiger partial charge in [-0.2, -0.15) is 0 Å². The first-order valence-corrected chi connectivity index (χ1v) is 13.7. The molecular formula is C27H32N3O4P. The molecule has 0 aliphatic rings. The van der Waals surface area contributed by atoms with Crippen LogP contribution in [0.15, 0.2) is 48.7 Å². The number of nitrogens with zero attached hydrogens (tertiary/aromatic N) is 2. The van der Waals surface area contributed by atoms with Crippen LogP contribution in [-0.2, 0) is 17.4 Å². The van der Waals surface area contributed by atoms with E-state index in [9.17, 15) is 4.57 Å². The summed E-state index contributed by atoms with van der Waals surface area (Å²) in [6.45, 7) is 4.67. The Morgan fingerprint density at radius 3 is 2.54 bits per heavy atom. The van der Waals surface area contributed by atoms with Gasteiger partial charge in [-0.25, -0.2) is 4.98 Å². The highest BCUT2D eigenvalue weighted by Gasteiger charge is 2.13. The van der Waals surface area contributed by atoms with Crippen molar-refractivity contribution in [3.05, 3.63) is 70.9 Å². The monoisotopic (exact) mass is 493 g/mol. The molecule has 2 heterocycles. The number of unbranched alkanes of at least 4 members (excludes halogenated alkanes) is 2. The molecular weight excluding hydrogens is 461 g/mol. The van der Waals surface area contributed by atoms with Crippen LogP contribution in [0.5, 0.6) is 5.75 Å². The first-order chi connectivity index (χ1) is 16.7. The summed E-state index contributed by atoms with van der Waals surface area (Å²) >= 11 is 0. The van der Waals surface area contributed by atoms with E-state index in [-0.39, 0.29) is 6.16 Å². The fraction of sp³-hybridized carbons (Fsp3) is 0.333. The number of hydrogen-bond donors (Lipinski definition) is 3. The van der Waals surface area contributed by atoms with Gasteiger partial charge in [0.05, 0.1) is 12.1 Å². The van der Waals surface area contributed by atoms with Gasteiger partial charge in [-0.05, 0) is 92.5 Å². The number of pyridine rings is 2. The van der Waals surface area contributed by atoms with Gasteiger partial charge < -0.3 is 20.3 Å². The maximum absolute atomic E-state index is 10.9. The first kappa shape index (κ1) is 25.1. The van der Waals surface area contributed by atoms with Gasteiger partial charge in [0.15, 0.2) is 5.82 Å². The van der Waals surface area contributed by atoms with E-state index >= 15 is 0 Å². The Balaban J connectivity index is 1.43. The Kier molecular flexibility index (Phi) is 7.70. The second-order valence-corrected chi connectivity index (χ2v) is 10.9. The molecule has 0 unspecified atom stereocenters. The summed E-state index contributed by atoms with van der Waals surface area (Å²) in [7, 11) is -3.90. The van der Waals surface area contributed by atoms with Gasteiger partial charge in [0.1, 0.15) is 11.3 Å². The van der Waals surface area contributed by atoms with Gasteiger partial charge >= 0.3 is 7.60 Å². The van der Waals surface area contributed by atoms with Crippen LogP contribution >= 0.6 is 7.60 Å². The Morgan fingerprint density at radius 2 is 1.77 bits per heavy atom. The lowest BCUT2D eigenvalue weighted by molar-refractivity contribution is 0.305. The summed E-state index contributed by atoms with van der Waals surface area (Å²) < 4.78 is 16.7. The van der Waals surface area contributed by atoms with Crippen molar-refractivity contribution in [2.45, 2.75) is 46.0 Å². The zero-order valence-corrected chi connectivity index (χ0v) is 21.1. The number of nitrogen functional groups attached to an aromatic ring is 1. The van der Waals surface area contributed by atoms with E-state index in [1.165, 1.54) is 16.7 Å². The first-order valence-electron chi connectivity index (χ1n) is 11.9. The number of rotatable bonds is 10. The molecule has 35 heavy (non-hydrogen) atoms. The van der Waals surface area contributed by atoms with Crippen molar-refractivity contribution in [2.24, 2.45) is 0 Å². The topological polar surface area (TPSA) is 119 Å². The molecule has 2 aromatic heterocycles. The summed E-state index contributed by atoms with van der Waals surface area (Å²) in [5.41, 5.74) is 12.7. The van der Waals surface area contributed by atoms with E-state index in [0.29, 0.717) is 18.8 Å². The van der Waals surface area contributed by atoms with E-state index in [2.05, 4.69) is 53.3 Å². The molecule has 0 amide bonds. The summed E-state index contributed by atoms with van der Waals surface area (Å²) in [4.78, 5) is 26.9. The van der Waals surface area contributed by atoms with Crippen molar-refractivity contribution in [1.82, 2.24) is 9.97 Å². The van der Waals surface area contributed by atoms with Crippen molar-refractivity contribution >= 4 is 35.2 Å². The number of nitrogens with two attached hydrogens (primary N) is 1. The SMILES string of the molecule is Cc1ccc2c(c1)nc(N)c1nccc(CCc3ccc(OCCCCCP(=O)(O)O)cc3C)c12. The molecule has 4 rings (SSSR count). The summed E-state index contributed by atoms with van der Waals surface area (Å²) in [5, 5.41) is 2.15. The van der Waals surface area contributed by atoms with Crippen LogP contribution in [0.1, 0.15) is 41.5 Å². The van der Waals surface area contributed by atoms with Crippen molar-refractivity contribution in [1.29, 1.82) is 0 Å². The molecule has 7 nitrogen and oxygen atoms in total. The predicted molar refractivity (Wildman–Crippen MR) is 141 cm³/mol. The summed E-state index contributed by atoms with van der Waals surface area (Å²) in [6, 6.07) is 14.5. The fourth-order valence-electron chi connectivity index (χ4n) is 4.43. The minimum atomic E-state index is -3.90. The Hall–Kier alpha value is -2.99. The highest BCUT2D eigenvalue weighted by molar-refractivity contribution is 7.51. The molecule has 2 aromatic carbocycles. The number of aromatic nitrogens is 2. The molecule has 184 valence electrons. The average molecular weight is 494 g/mol. The fourth-order valence-corrected chi connectivity index (χ4v) is 5.06. The molecule has 0 saturated heterocycles. The van der Waals surface area contributed by atoms with Gasteiger partial charge in [0.2, 0.25) is 0 Å². The number of anilines is 1. The summed E-state index contributed by atoms with van der Waals surface area (Å²) in [5.74, 6) is 1.27. The van der Waals surface area contributed by atoms with Gasteiger partial charge in [0, 0.05) is 23.1 Å². The van der Waals surface area contributed by atoms with E-state index in [0.717, 1.165) is 58.8 Å². The smallest absolute Gasteiger partial charge is 0.325 e. The van der Waals surface area contributed by atoms with Crippen LogP contribution in [0.4, 0.5) is 5.82 Å². The lowest BCUT2D eigenvalue weighted by Crippen LogP contribution is -2.01. The Morgan fingerprint density at radius 1 is 0.971 bits per heavy atom. The number of aryl methyl sites for hydroxylation is 4. The summed E-state index contributed by atoms with van der Waals surface area (Å²) in [6.07, 6.45) is 5.48.